The van der Waals surface area contributed by atoms with Crippen LogP contribution in [0.2, 0.25) is 0 Å². The van der Waals surface area contributed by atoms with Gasteiger partial charge < -0.3 is 15.6 Å². The van der Waals surface area contributed by atoms with Crippen molar-refractivity contribution in [2.24, 2.45) is 11.7 Å². The minimum absolute atomic E-state index is 0.00787. The molecule has 0 aromatic carbocycles. The lowest BCUT2D eigenvalue weighted by Gasteiger charge is -2.23. The van der Waals surface area contributed by atoms with Crippen LogP contribution in [0.3, 0.4) is 0 Å². The van der Waals surface area contributed by atoms with E-state index in [0.29, 0.717) is 12.5 Å². The van der Waals surface area contributed by atoms with Gasteiger partial charge in [0.1, 0.15) is 5.69 Å². The van der Waals surface area contributed by atoms with Gasteiger partial charge in [0.15, 0.2) is 0 Å². The molecule has 1 heterocycles. The zero-order valence-electron chi connectivity index (χ0n) is 12.1. The normalized spacial score (nSPS) is 17.4. The van der Waals surface area contributed by atoms with E-state index in [0.717, 1.165) is 23.1 Å². The molecular formula is C15H24BrN3O. The SMILES string of the molecule is CCCn1cc(Br)cc1C(=O)NC(CN)C1CCCC1. The van der Waals surface area contributed by atoms with E-state index in [1.165, 1.54) is 25.7 Å². The van der Waals surface area contributed by atoms with Crippen molar-refractivity contribution in [2.45, 2.75) is 51.6 Å². The van der Waals surface area contributed by atoms with E-state index in [-0.39, 0.29) is 11.9 Å². The first-order valence-electron chi connectivity index (χ1n) is 7.52. The lowest BCUT2D eigenvalue weighted by molar-refractivity contribution is 0.0914. The molecule has 5 heteroatoms. The largest absolute Gasteiger partial charge is 0.346 e. The van der Waals surface area contributed by atoms with Crippen molar-refractivity contribution < 1.29 is 4.79 Å². The van der Waals surface area contributed by atoms with E-state index >= 15 is 0 Å². The van der Waals surface area contributed by atoms with Crippen LogP contribution in [0, 0.1) is 5.92 Å². The van der Waals surface area contributed by atoms with Gasteiger partial charge in [-0.25, -0.2) is 0 Å². The molecular weight excluding hydrogens is 318 g/mol. The first-order valence-corrected chi connectivity index (χ1v) is 8.31. The molecule has 1 unspecified atom stereocenters. The highest BCUT2D eigenvalue weighted by Gasteiger charge is 2.26. The highest BCUT2D eigenvalue weighted by molar-refractivity contribution is 9.10. The molecule has 1 aromatic rings. The minimum Gasteiger partial charge on any atom is -0.346 e. The Bertz CT molecular complexity index is 452. The summed E-state index contributed by atoms with van der Waals surface area (Å²) in [6.07, 6.45) is 7.85. The summed E-state index contributed by atoms with van der Waals surface area (Å²) in [5.41, 5.74) is 6.57. The maximum absolute atomic E-state index is 12.5. The summed E-state index contributed by atoms with van der Waals surface area (Å²) in [6.45, 7) is 3.48. The fourth-order valence-corrected chi connectivity index (χ4v) is 3.53. The summed E-state index contributed by atoms with van der Waals surface area (Å²) < 4.78 is 2.95. The van der Waals surface area contributed by atoms with Gasteiger partial charge >= 0.3 is 0 Å². The van der Waals surface area contributed by atoms with Gasteiger partial charge in [-0.15, -0.1) is 0 Å². The number of nitrogens with one attached hydrogen (secondary N) is 1. The van der Waals surface area contributed by atoms with Crippen molar-refractivity contribution in [3.63, 3.8) is 0 Å². The van der Waals surface area contributed by atoms with Crippen LogP contribution in [-0.4, -0.2) is 23.1 Å². The smallest absolute Gasteiger partial charge is 0.268 e. The maximum Gasteiger partial charge on any atom is 0.268 e. The molecule has 0 radical (unpaired) electrons. The van der Waals surface area contributed by atoms with Gasteiger partial charge in [0.05, 0.1) is 0 Å². The molecule has 0 bridgehead atoms. The van der Waals surface area contributed by atoms with Crippen LogP contribution in [0.5, 0.6) is 0 Å². The molecule has 3 N–H and O–H groups in total. The Morgan fingerprint density at radius 1 is 1.55 bits per heavy atom. The Hall–Kier alpha value is -0.810. The number of aryl methyl sites for hydroxylation is 1. The van der Waals surface area contributed by atoms with E-state index in [9.17, 15) is 4.79 Å². The van der Waals surface area contributed by atoms with Crippen molar-refractivity contribution in [3.05, 3.63) is 22.4 Å². The van der Waals surface area contributed by atoms with Gasteiger partial charge in [-0.05, 0) is 47.2 Å². The number of hydrogen-bond donors (Lipinski definition) is 2. The maximum atomic E-state index is 12.5. The predicted molar refractivity (Wildman–Crippen MR) is 84.7 cm³/mol. The molecule has 1 amide bonds. The molecule has 2 rings (SSSR count). The van der Waals surface area contributed by atoms with Crippen molar-refractivity contribution >= 4 is 21.8 Å². The molecule has 1 atom stereocenters. The summed E-state index contributed by atoms with van der Waals surface area (Å²) in [5, 5.41) is 3.13. The molecule has 20 heavy (non-hydrogen) atoms. The van der Waals surface area contributed by atoms with Crippen molar-refractivity contribution in [3.8, 4) is 0 Å². The number of halogens is 1. The van der Waals surface area contributed by atoms with Gasteiger partial charge in [-0.2, -0.15) is 0 Å². The molecule has 112 valence electrons. The van der Waals surface area contributed by atoms with Gasteiger partial charge in [-0.1, -0.05) is 19.8 Å². The van der Waals surface area contributed by atoms with Crippen molar-refractivity contribution in [1.82, 2.24) is 9.88 Å². The van der Waals surface area contributed by atoms with E-state index in [2.05, 4.69) is 28.2 Å². The number of amides is 1. The molecule has 1 fully saturated rings. The Balaban J connectivity index is 2.06. The molecule has 0 spiro atoms. The van der Waals surface area contributed by atoms with Crippen LogP contribution < -0.4 is 11.1 Å². The third kappa shape index (κ3) is 3.64. The Morgan fingerprint density at radius 2 is 2.25 bits per heavy atom. The summed E-state index contributed by atoms with van der Waals surface area (Å²) in [6, 6.07) is 1.99. The second-order valence-electron chi connectivity index (χ2n) is 5.60. The summed E-state index contributed by atoms with van der Waals surface area (Å²) in [5.74, 6) is 0.536. The third-order valence-electron chi connectivity index (χ3n) is 4.10. The van der Waals surface area contributed by atoms with Gasteiger partial charge in [0.2, 0.25) is 0 Å². The van der Waals surface area contributed by atoms with Crippen LogP contribution in [0.25, 0.3) is 0 Å². The van der Waals surface area contributed by atoms with Crippen LogP contribution in [0.15, 0.2) is 16.7 Å². The average Bonchev–Trinajstić information content (AvgIpc) is 3.06. The number of nitrogens with two attached hydrogens (primary N) is 1. The first-order chi connectivity index (χ1) is 9.65. The summed E-state index contributed by atoms with van der Waals surface area (Å²) in [7, 11) is 0. The molecule has 0 saturated heterocycles. The van der Waals surface area contributed by atoms with Gasteiger partial charge in [0, 0.05) is 29.8 Å². The number of hydrogen-bond acceptors (Lipinski definition) is 2. The Morgan fingerprint density at radius 3 is 2.85 bits per heavy atom. The zero-order chi connectivity index (χ0) is 14.5. The Labute approximate surface area is 129 Å². The average molecular weight is 342 g/mol. The minimum atomic E-state index is -0.00787. The predicted octanol–water partition coefficient (Wildman–Crippen LogP) is 2.91. The summed E-state index contributed by atoms with van der Waals surface area (Å²) >= 11 is 3.45. The number of aromatic nitrogens is 1. The monoisotopic (exact) mass is 341 g/mol. The number of rotatable bonds is 6. The van der Waals surface area contributed by atoms with E-state index < -0.39 is 0 Å². The highest BCUT2D eigenvalue weighted by atomic mass is 79.9. The second-order valence-corrected chi connectivity index (χ2v) is 6.51. The van der Waals surface area contributed by atoms with E-state index in [4.69, 9.17) is 5.73 Å². The lowest BCUT2D eigenvalue weighted by Crippen LogP contribution is -2.45. The summed E-state index contributed by atoms with van der Waals surface area (Å²) in [4.78, 5) is 12.5. The standard InChI is InChI=1S/C15H24BrN3O/c1-2-7-19-10-12(16)8-14(19)15(20)18-13(9-17)11-5-3-4-6-11/h8,10-11,13H,2-7,9,17H2,1H3,(H,18,20). The number of carbonyl (C=O) groups excluding carboxylic acids is 1. The Kier molecular flexibility index (Phi) is 5.66. The zero-order valence-corrected chi connectivity index (χ0v) is 13.7. The first kappa shape index (κ1) is 15.6. The van der Waals surface area contributed by atoms with Crippen molar-refractivity contribution in [1.29, 1.82) is 0 Å². The van der Waals surface area contributed by atoms with Gasteiger partial charge in [-0.3, -0.25) is 4.79 Å². The topological polar surface area (TPSA) is 60.0 Å². The fraction of sp³-hybridized carbons (Fsp3) is 0.667. The second kappa shape index (κ2) is 7.27. The third-order valence-corrected chi connectivity index (χ3v) is 4.53. The molecule has 1 saturated carbocycles. The van der Waals surface area contributed by atoms with Crippen LogP contribution in [-0.2, 0) is 6.54 Å². The number of nitrogens with zero attached hydrogens (tertiary/aromatic N) is 1. The molecule has 1 aliphatic rings. The van der Waals surface area contributed by atoms with Crippen molar-refractivity contribution in [2.75, 3.05) is 6.54 Å². The van der Waals surface area contributed by atoms with Crippen LogP contribution >= 0.6 is 15.9 Å². The molecule has 0 aliphatic heterocycles. The number of carbonyl (C=O) groups is 1. The van der Waals surface area contributed by atoms with Gasteiger partial charge in [0.25, 0.3) is 5.91 Å². The van der Waals surface area contributed by atoms with Crippen LogP contribution in [0.1, 0.15) is 49.5 Å². The fourth-order valence-electron chi connectivity index (χ4n) is 3.06. The van der Waals surface area contributed by atoms with Crippen LogP contribution in [0.4, 0.5) is 0 Å². The molecule has 1 aliphatic carbocycles. The highest BCUT2D eigenvalue weighted by Crippen LogP contribution is 2.27. The van der Waals surface area contributed by atoms with E-state index in [1.807, 2.05) is 16.8 Å². The molecule has 4 nitrogen and oxygen atoms in total. The molecule has 1 aromatic heterocycles. The quantitative estimate of drug-likeness (QED) is 0.835. The lowest BCUT2D eigenvalue weighted by atomic mass is 9.98. The van der Waals surface area contributed by atoms with E-state index in [1.54, 1.807) is 0 Å².